The molecule has 0 amide bonds. The van der Waals surface area contributed by atoms with Crippen LogP contribution in [0, 0.1) is 0 Å². The van der Waals surface area contributed by atoms with Gasteiger partial charge in [0.1, 0.15) is 11.5 Å². The minimum Gasteiger partial charge on any atom is -0.497 e. The Balaban J connectivity index is 3.00. The summed E-state index contributed by atoms with van der Waals surface area (Å²) in [5.74, 6) is 2.06. The van der Waals surface area contributed by atoms with E-state index in [1.807, 2.05) is 12.3 Å². The van der Waals surface area contributed by atoms with Gasteiger partial charge in [0, 0.05) is 11.3 Å². The number of benzene rings is 1. The van der Waals surface area contributed by atoms with Crippen LogP contribution in [0.5, 0.6) is 11.5 Å². The lowest BCUT2D eigenvalue weighted by Crippen LogP contribution is -2.03. The third-order valence-electron chi connectivity index (χ3n) is 2.12. The van der Waals surface area contributed by atoms with Gasteiger partial charge < -0.3 is 14.6 Å². The Morgan fingerprint density at radius 1 is 1.33 bits per heavy atom. The first-order chi connectivity index (χ1) is 7.22. The average molecular weight is 228 g/mol. The summed E-state index contributed by atoms with van der Waals surface area (Å²) in [5, 5.41) is 9.90. The molecule has 84 valence electrons. The maximum absolute atomic E-state index is 9.90. The highest BCUT2D eigenvalue weighted by molar-refractivity contribution is 7.98. The molecule has 15 heavy (non-hydrogen) atoms. The largest absolute Gasteiger partial charge is 0.497 e. The van der Waals surface area contributed by atoms with Crippen molar-refractivity contribution in [1.29, 1.82) is 0 Å². The van der Waals surface area contributed by atoms with Gasteiger partial charge in [-0.05, 0) is 24.5 Å². The molecule has 3 nitrogen and oxygen atoms in total. The number of rotatable bonds is 5. The minimum absolute atomic E-state index is 0.523. The first kappa shape index (κ1) is 12.2. The Morgan fingerprint density at radius 3 is 2.60 bits per heavy atom. The van der Waals surface area contributed by atoms with Crippen molar-refractivity contribution in [3.8, 4) is 11.5 Å². The van der Waals surface area contributed by atoms with E-state index in [0.717, 1.165) is 11.3 Å². The van der Waals surface area contributed by atoms with Crippen LogP contribution in [-0.4, -0.2) is 31.3 Å². The molecule has 0 aliphatic carbocycles. The number of hydrogen-bond donors (Lipinski definition) is 1. The SMILES string of the molecule is COc1ccc(OC)c(C(O)CSC)c1. The Kier molecular flexibility index (Phi) is 4.78. The van der Waals surface area contributed by atoms with E-state index in [2.05, 4.69) is 0 Å². The first-order valence-corrected chi connectivity index (χ1v) is 6.01. The summed E-state index contributed by atoms with van der Waals surface area (Å²) in [4.78, 5) is 0. The molecule has 0 aliphatic heterocycles. The van der Waals surface area contributed by atoms with Gasteiger partial charge in [0.05, 0.1) is 20.3 Å². The normalized spacial score (nSPS) is 12.3. The number of hydrogen-bond acceptors (Lipinski definition) is 4. The van der Waals surface area contributed by atoms with Crippen molar-refractivity contribution in [1.82, 2.24) is 0 Å². The fraction of sp³-hybridized carbons (Fsp3) is 0.455. The predicted molar refractivity (Wildman–Crippen MR) is 62.9 cm³/mol. The van der Waals surface area contributed by atoms with Gasteiger partial charge in [0.15, 0.2) is 0 Å². The van der Waals surface area contributed by atoms with Crippen molar-refractivity contribution >= 4 is 11.8 Å². The van der Waals surface area contributed by atoms with Crippen molar-refractivity contribution < 1.29 is 14.6 Å². The van der Waals surface area contributed by atoms with Crippen LogP contribution in [0.4, 0.5) is 0 Å². The monoisotopic (exact) mass is 228 g/mol. The van der Waals surface area contributed by atoms with E-state index >= 15 is 0 Å². The van der Waals surface area contributed by atoms with Crippen molar-refractivity contribution in [2.24, 2.45) is 0 Å². The molecule has 1 aromatic carbocycles. The lowest BCUT2D eigenvalue weighted by atomic mass is 10.1. The van der Waals surface area contributed by atoms with Gasteiger partial charge in [-0.25, -0.2) is 0 Å². The molecule has 0 saturated heterocycles. The molecule has 0 aromatic heterocycles. The van der Waals surface area contributed by atoms with Crippen LogP contribution < -0.4 is 9.47 Å². The quantitative estimate of drug-likeness (QED) is 0.837. The second kappa shape index (κ2) is 5.88. The van der Waals surface area contributed by atoms with E-state index < -0.39 is 6.10 Å². The summed E-state index contributed by atoms with van der Waals surface area (Å²) >= 11 is 1.59. The van der Waals surface area contributed by atoms with Crippen LogP contribution in [0.15, 0.2) is 18.2 Å². The van der Waals surface area contributed by atoms with Gasteiger partial charge in [-0.1, -0.05) is 0 Å². The number of aliphatic hydroxyl groups is 1. The number of methoxy groups -OCH3 is 2. The Morgan fingerprint density at radius 2 is 2.07 bits per heavy atom. The Bertz CT molecular complexity index is 315. The molecule has 0 heterocycles. The van der Waals surface area contributed by atoms with Crippen LogP contribution in [0.2, 0.25) is 0 Å². The maximum Gasteiger partial charge on any atom is 0.124 e. The molecule has 0 saturated carbocycles. The van der Waals surface area contributed by atoms with Crippen LogP contribution in [-0.2, 0) is 0 Å². The summed E-state index contributed by atoms with van der Waals surface area (Å²) in [7, 11) is 3.20. The topological polar surface area (TPSA) is 38.7 Å². The van der Waals surface area contributed by atoms with E-state index in [9.17, 15) is 5.11 Å². The van der Waals surface area contributed by atoms with Gasteiger partial charge in [-0.3, -0.25) is 0 Å². The molecule has 0 radical (unpaired) electrons. The number of ether oxygens (including phenoxy) is 2. The molecular weight excluding hydrogens is 212 g/mol. The van der Waals surface area contributed by atoms with Gasteiger partial charge in [-0.2, -0.15) is 11.8 Å². The van der Waals surface area contributed by atoms with Crippen LogP contribution in [0.3, 0.4) is 0 Å². The third kappa shape index (κ3) is 3.04. The zero-order valence-electron chi connectivity index (χ0n) is 9.19. The summed E-state index contributed by atoms with van der Waals surface area (Å²) in [6.07, 6.45) is 1.43. The first-order valence-electron chi connectivity index (χ1n) is 4.61. The van der Waals surface area contributed by atoms with Crippen molar-refractivity contribution in [3.63, 3.8) is 0 Å². The van der Waals surface area contributed by atoms with Gasteiger partial charge >= 0.3 is 0 Å². The molecular formula is C11H16O3S. The Labute approximate surface area is 94.4 Å². The van der Waals surface area contributed by atoms with Crippen molar-refractivity contribution in [3.05, 3.63) is 23.8 Å². The standard InChI is InChI=1S/C11H16O3S/c1-13-8-4-5-11(14-2)9(6-8)10(12)7-15-3/h4-6,10,12H,7H2,1-3H3. The molecule has 0 bridgehead atoms. The van der Waals surface area contributed by atoms with E-state index in [1.165, 1.54) is 0 Å². The summed E-state index contributed by atoms with van der Waals surface area (Å²) in [6.45, 7) is 0. The molecule has 0 aliphatic rings. The van der Waals surface area contributed by atoms with Gasteiger partial charge in [0.25, 0.3) is 0 Å². The summed E-state index contributed by atoms with van der Waals surface area (Å²) in [5.41, 5.74) is 0.770. The second-order valence-corrected chi connectivity index (χ2v) is 3.99. The molecule has 4 heteroatoms. The zero-order valence-corrected chi connectivity index (χ0v) is 10.0. The maximum atomic E-state index is 9.90. The van der Waals surface area contributed by atoms with E-state index in [4.69, 9.17) is 9.47 Å². The highest BCUT2D eigenvalue weighted by atomic mass is 32.2. The highest BCUT2D eigenvalue weighted by Crippen LogP contribution is 2.30. The molecule has 0 fully saturated rings. The second-order valence-electron chi connectivity index (χ2n) is 3.08. The smallest absolute Gasteiger partial charge is 0.124 e. The zero-order chi connectivity index (χ0) is 11.3. The predicted octanol–water partition coefficient (Wildman–Crippen LogP) is 2.10. The minimum atomic E-state index is -0.523. The summed E-state index contributed by atoms with van der Waals surface area (Å²) in [6, 6.07) is 5.42. The molecule has 1 N–H and O–H groups in total. The molecule has 1 atom stereocenters. The molecule has 0 spiro atoms. The van der Waals surface area contributed by atoms with Crippen LogP contribution in [0.25, 0.3) is 0 Å². The molecule has 1 unspecified atom stereocenters. The Hall–Kier alpha value is -0.870. The van der Waals surface area contributed by atoms with Crippen molar-refractivity contribution in [2.45, 2.75) is 6.10 Å². The van der Waals surface area contributed by atoms with E-state index in [0.29, 0.717) is 11.5 Å². The lowest BCUT2D eigenvalue weighted by Gasteiger charge is -2.14. The molecule has 1 rings (SSSR count). The fourth-order valence-corrected chi connectivity index (χ4v) is 1.84. The van der Waals surface area contributed by atoms with Crippen LogP contribution >= 0.6 is 11.8 Å². The van der Waals surface area contributed by atoms with Crippen molar-refractivity contribution in [2.75, 3.05) is 26.2 Å². The van der Waals surface area contributed by atoms with Gasteiger partial charge in [-0.15, -0.1) is 0 Å². The molecule has 1 aromatic rings. The fourth-order valence-electron chi connectivity index (χ4n) is 1.35. The van der Waals surface area contributed by atoms with Crippen LogP contribution in [0.1, 0.15) is 11.7 Å². The summed E-state index contributed by atoms with van der Waals surface area (Å²) < 4.78 is 10.3. The van der Waals surface area contributed by atoms with E-state index in [1.54, 1.807) is 38.1 Å². The van der Waals surface area contributed by atoms with E-state index in [-0.39, 0.29) is 0 Å². The third-order valence-corrected chi connectivity index (χ3v) is 2.77. The van der Waals surface area contributed by atoms with Gasteiger partial charge in [0.2, 0.25) is 0 Å². The number of aliphatic hydroxyl groups excluding tert-OH is 1. The lowest BCUT2D eigenvalue weighted by molar-refractivity contribution is 0.198. The highest BCUT2D eigenvalue weighted by Gasteiger charge is 2.13. The average Bonchev–Trinajstić information content (AvgIpc) is 2.28. The number of thioether (sulfide) groups is 1.